The quantitative estimate of drug-likeness (QED) is 0.520. The smallest absolute Gasteiger partial charge is 0.353 e. The lowest BCUT2D eigenvalue weighted by Crippen LogP contribution is -2.02. The number of hydrogen-bond acceptors (Lipinski definition) is 7. The van der Waals surface area contributed by atoms with Crippen molar-refractivity contribution in [1.29, 1.82) is 0 Å². The van der Waals surface area contributed by atoms with E-state index in [0.29, 0.717) is 0 Å². The molecule has 8 nitrogen and oxygen atoms in total. The summed E-state index contributed by atoms with van der Waals surface area (Å²) in [4.78, 5) is 25.4. The van der Waals surface area contributed by atoms with Gasteiger partial charge in [-0.05, 0) is 18.2 Å². The fourth-order valence-electron chi connectivity index (χ4n) is 1.65. The van der Waals surface area contributed by atoms with Gasteiger partial charge in [-0.2, -0.15) is 0 Å². The van der Waals surface area contributed by atoms with Gasteiger partial charge in [0.05, 0.1) is 17.6 Å². The molecule has 108 valence electrons. The Kier molecular flexibility index (Phi) is 3.98. The van der Waals surface area contributed by atoms with Gasteiger partial charge in [-0.1, -0.05) is 6.07 Å². The minimum atomic E-state index is -0.679. The molecule has 2 rings (SSSR count). The third-order valence-corrected chi connectivity index (χ3v) is 2.58. The second kappa shape index (κ2) is 5.87. The first-order chi connectivity index (χ1) is 10.0. The summed E-state index contributed by atoms with van der Waals surface area (Å²) in [6.07, 6.45) is 1.29. The van der Waals surface area contributed by atoms with Crippen LogP contribution in [0.15, 0.2) is 36.5 Å². The molecule has 2 N–H and O–H groups in total. The molecule has 1 heterocycles. The summed E-state index contributed by atoms with van der Waals surface area (Å²) in [5.41, 5.74) is 5.30. The number of aromatic nitrogens is 1. The van der Waals surface area contributed by atoms with Gasteiger partial charge in [-0.25, -0.2) is 9.78 Å². The number of carbonyl (C=O) groups is 1. The first-order valence-corrected chi connectivity index (χ1v) is 5.78. The van der Waals surface area contributed by atoms with Gasteiger partial charge >= 0.3 is 11.7 Å². The Balaban J connectivity index is 2.37. The first kappa shape index (κ1) is 14.3. The summed E-state index contributed by atoms with van der Waals surface area (Å²) in [6, 6.07) is 7.38. The molecule has 0 fully saturated rings. The van der Waals surface area contributed by atoms with Crippen molar-refractivity contribution in [2.75, 3.05) is 12.8 Å². The number of pyridine rings is 1. The van der Waals surface area contributed by atoms with E-state index in [9.17, 15) is 14.9 Å². The van der Waals surface area contributed by atoms with Crippen LogP contribution in [-0.2, 0) is 4.74 Å². The molecule has 0 aliphatic rings. The van der Waals surface area contributed by atoms with Gasteiger partial charge in [-0.15, -0.1) is 0 Å². The zero-order valence-electron chi connectivity index (χ0n) is 11.0. The van der Waals surface area contributed by atoms with Gasteiger partial charge in [0, 0.05) is 12.3 Å². The van der Waals surface area contributed by atoms with Crippen molar-refractivity contribution in [3.8, 4) is 11.5 Å². The number of hydrogen-bond donors (Lipinski definition) is 1. The molecular weight excluding hydrogens is 278 g/mol. The lowest BCUT2D eigenvalue weighted by Gasteiger charge is -2.08. The zero-order chi connectivity index (χ0) is 15.4. The van der Waals surface area contributed by atoms with Crippen LogP contribution in [0.1, 0.15) is 10.4 Å². The summed E-state index contributed by atoms with van der Waals surface area (Å²) in [5, 5.41) is 11.0. The van der Waals surface area contributed by atoms with E-state index in [1.165, 1.54) is 31.5 Å². The maximum absolute atomic E-state index is 11.4. The van der Waals surface area contributed by atoms with E-state index in [1.807, 2.05) is 0 Å². The molecule has 21 heavy (non-hydrogen) atoms. The van der Waals surface area contributed by atoms with Crippen molar-refractivity contribution >= 4 is 17.5 Å². The van der Waals surface area contributed by atoms with Gasteiger partial charge in [-0.3, -0.25) is 10.1 Å². The Morgan fingerprint density at radius 1 is 1.38 bits per heavy atom. The number of nitro groups is 1. The Labute approximate surface area is 119 Å². The van der Waals surface area contributed by atoms with E-state index in [0.717, 1.165) is 0 Å². The fraction of sp³-hybridized carbons (Fsp3) is 0.0769. The van der Waals surface area contributed by atoms with Crippen molar-refractivity contribution in [1.82, 2.24) is 4.98 Å². The summed E-state index contributed by atoms with van der Waals surface area (Å²) < 4.78 is 10.0. The predicted molar refractivity (Wildman–Crippen MR) is 73.2 cm³/mol. The first-order valence-electron chi connectivity index (χ1n) is 5.78. The van der Waals surface area contributed by atoms with Crippen LogP contribution in [0.2, 0.25) is 0 Å². The normalized spacial score (nSPS) is 9.95. The van der Waals surface area contributed by atoms with Crippen LogP contribution in [0.25, 0.3) is 0 Å². The molecule has 1 aromatic heterocycles. The summed E-state index contributed by atoms with van der Waals surface area (Å²) >= 11 is 0. The van der Waals surface area contributed by atoms with Crippen LogP contribution >= 0.6 is 0 Å². The molecule has 8 heteroatoms. The van der Waals surface area contributed by atoms with Crippen molar-refractivity contribution in [3.05, 3.63) is 52.2 Å². The van der Waals surface area contributed by atoms with Crippen LogP contribution in [0, 0.1) is 10.1 Å². The third kappa shape index (κ3) is 3.06. The van der Waals surface area contributed by atoms with Gasteiger partial charge in [0.25, 0.3) is 0 Å². The average Bonchev–Trinajstić information content (AvgIpc) is 2.46. The van der Waals surface area contributed by atoms with Crippen LogP contribution < -0.4 is 10.5 Å². The number of nitrogens with two attached hydrogens (primary N) is 1. The van der Waals surface area contributed by atoms with Crippen molar-refractivity contribution in [2.45, 2.75) is 0 Å². The summed E-state index contributed by atoms with van der Waals surface area (Å²) in [7, 11) is 1.25. The number of carbonyl (C=O) groups excluding carboxylic acids is 1. The Hall–Kier alpha value is -3.16. The summed E-state index contributed by atoms with van der Waals surface area (Å²) in [5.74, 6) is -0.605. The maximum Gasteiger partial charge on any atom is 0.353 e. The van der Waals surface area contributed by atoms with E-state index in [2.05, 4.69) is 9.72 Å². The highest BCUT2D eigenvalue weighted by Crippen LogP contribution is 2.34. The molecule has 0 aliphatic carbocycles. The molecule has 0 bridgehead atoms. The lowest BCUT2D eigenvalue weighted by atomic mass is 10.2. The van der Waals surface area contributed by atoms with Crippen molar-refractivity contribution < 1.29 is 19.2 Å². The maximum atomic E-state index is 11.4. The summed E-state index contributed by atoms with van der Waals surface area (Å²) in [6.45, 7) is 0. The molecule has 0 saturated carbocycles. The topological polar surface area (TPSA) is 118 Å². The van der Waals surface area contributed by atoms with E-state index in [4.69, 9.17) is 10.5 Å². The standard InChI is InChI=1S/C13H11N3O5/c1-20-13(17)8-3-2-4-9(7-8)21-10-5-6-15-12(14)11(10)16(18)19/h2-7H,1H3,(H2,14,15). The Morgan fingerprint density at radius 3 is 2.81 bits per heavy atom. The Morgan fingerprint density at radius 2 is 2.14 bits per heavy atom. The molecule has 0 amide bonds. The highest BCUT2D eigenvalue weighted by molar-refractivity contribution is 5.89. The van der Waals surface area contributed by atoms with Gasteiger partial charge in [0.15, 0.2) is 0 Å². The fourth-order valence-corrected chi connectivity index (χ4v) is 1.65. The number of ether oxygens (including phenoxy) is 2. The SMILES string of the molecule is COC(=O)c1cccc(Oc2ccnc(N)c2[N+](=O)[O-])c1. The Bertz CT molecular complexity index is 702. The monoisotopic (exact) mass is 289 g/mol. The number of nitrogen functional groups attached to an aromatic ring is 1. The van der Waals surface area contributed by atoms with Gasteiger partial charge < -0.3 is 15.2 Å². The minimum absolute atomic E-state index is 0.0606. The minimum Gasteiger partial charge on any atom is -0.465 e. The molecule has 0 saturated heterocycles. The molecule has 0 aliphatic heterocycles. The molecule has 0 unspecified atom stereocenters. The van der Waals surface area contributed by atoms with Crippen molar-refractivity contribution in [3.63, 3.8) is 0 Å². The molecule has 0 radical (unpaired) electrons. The second-order valence-electron chi connectivity index (χ2n) is 3.92. The van der Waals surface area contributed by atoms with Crippen LogP contribution in [0.4, 0.5) is 11.5 Å². The molecule has 0 spiro atoms. The second-order valence-corrected chi connectivity index (χ2v) is 3.92. The number of methoxy groups -OCH3 is 1. The highest BCUT2D eigenvalue weighted by atomic mass is 16.6. The number of esters is 1. The van der Waals surface area contributed by atoms with Gasteiger partial charge in [0.2, 0.25) is 11.6 Å². The lowest BCUT2D eigenvalue weighted by molar-refractivity contribution is -0.384. The number of rotatable bonds is 4. The van der Waals surface area contributed by atoms with Crippen LogP contribution in [0.3, 0.4) is 0 Å². The average molecular weight is 289 g/mol. The number of anilines is 1. The largest absolute Gasteiger partial charge is 0.465 e. The van der Waals surface area contributed by atoms with E-state index in [-0.39, 0.29) is 22.9 Å². The number of benzene rings is 1. The van der Waals surface area contributed by atoms with E-state index >= 15 is 0 Å². The molecular formula is C13H11N3O5. The van der Waals surface area contributed by atoms with Crippen LogP contribution in [0.5, 0.6) is 11.5 Å². The molecule has 0 atom stereocenters. The van der Waals surface area contributed by atoms with E-state index < -0.39 is 16.6 Å². The molecule has 1 aromatic carbocycles. The zero-order valence-corrected chi connectivity index (χ0v) is 11.0. The van der Waals surface area contributed by atoms with Crippen LogP contribution in [-0.4, -0.2) is 23.0 Å². The predicted octanol–water partition coefficient (Wildman–Crippen LogP) is 2.15. The van der Waals surface area contributed by atoms with E-state index in [1.54, 1.807) is 12.1 Å². The third-order valence-electron chi connectivity index (χ3n) is 2.58. The van der Waals surface area contributed by atoms with Crippen molar-refractivity contribution in [2.24, 2.45) is 0 Å². The van der Waals surface area contributed by atoms with Gasteiger partial charge in [0.1, 0.15) is 5.75 Å². The molecule has 2 aromatic rings. The highest BCUT2D eigenvalue weighted by Gasteiger charge is 2.21. The number of nitrogens with zero attached hydrogens (tertiary/aromatic N) is 2.